The number of hydrogen-bond donors (Lipinski definition) is 1. The number of ether oxygens (including phenoxy) is 1. The minimum Gasteiger partial charge on any atom is -0.461 e. The molecule has 0 aromatic heterocycles. The first-order valence-corrected chi connectivity index (χ1v) is 9.48. The van der Waals surface area contributed by atoms with E-state index in [2.05, 4.69) is 18.8 Å². The molecule has 1 aliphatic heterocycles. The van der Waals surface area contributed by atoms with Crippen LogP contribution < -0.4 is 5.32 Å². The first kappa shape index (κ1) is 20.7. The molecule has 1 saturated heterocycles. The number of rotatable bonds is 10. The Morgan fingerprint density at radius 1 is 1.26 bits per heavy atom. The summed E-state index contributed by atoms with van der Waals surface area (Å²) in [6, 6.07) is 8.15. The third-order valence-electron chi connectivity index (χ3n) is 4.58. The van der Waals surface area contributed by atoms with Crippen molar-refractivity contribution in [2.45, 2.75) is 51.1 Å². The van der Waals surface area contributed by atoms with Crippen molar-refractivity contribution >= 4 is 17.8 Å². The third kappa shape index (κ3) is 5.94. The summed E-state index contributed by atoms with van der Waals surface area (Å²) in [4.78, 5) is 39.2. The molecule has 0 radical (unpaired) electrons. The second kappa shape index (κ2) is 10.5. The molecule has 0 saturated carbocycles. The van der Waals surface area contributed by atoms with E-state index >= 15 is 0 Å². The molecule has 2 rings (SSSR count). The minimum absolute atomic E-state index is 0.0909. The highest BCUT2D eigenvalue weighted by Gasteiger charge is 2.41. The lowest BCUT2D eigenvalue weighted by Gasteiger charge is -2.38. The van der Waals surface area contributed by atoms with Crippen molar-refractivity contribution in [3.8, 4) is 0 Å². The molecule has 1 aromatic carbocycles. The van der Waals surface area contributed by atoms with Gasteiger partial charge in [-0.15, -0.1) is 0 Å². The molecule has 27 heavy (non-hydrogen) atoms. The zero-order valence-corrected chi connectivity index (χ0v) is 15.9. The second-order valence-electron chi connectivity index (χ2n) is 6.68. The molecule has 1 fully saturated rings. The van der Waals surface area contributed by atoms with Crippen LogP contribution in [0.2, 0.25) is 0 Å². The van der Waals surface area contributed by atoms with Gasteiger partial charge in [0, 0.05) is 13.0 Å². The van der Waals surface area contributed by atoms with Gasteiger partial charge in [0.1, 0.15) is 18.7 Å². The molecule has 2 atom stereocenters. The van der Waals surface area contributed by atoms with E-state index in [4.69, 9.17) is 4.74 Å². The predicted molar refractivity (Wildman–Crippen MR) is 103 cm³/mol. The van der Waals surface area contributed by atoms with Crippen LogP contribution in [-0.2, 0) is 25.5 Å². The molecular formula is C21H28N2O4. The number of nitrogens with zero attached hydrogens (tertiary/aromatic N) is 1. The lowest BCUT2D eigenvalue weighted by molar-refractivity contribution is -0.154. The van der Waals surface area contributed by atoms with Gasteiger partial charge in [0.05, 0.1) is 6.42 Å². The number of carbonyl (C=O) groups is 3. The monoisotopic (exact) mass is 372 g/mol. The smallest absolute Gasteiger partial charge is 0.308 e. The quantitative estimate of drug-likeness (QED) is 0.388. The lowest BCUT2D eigenvalue weighted by atomic mass is 9.98. The summed E-state index contributed by atoms with van der Waals surface area (Å²) < 4.78 is 5.00. The fourth-order valence-electron chi connectivity index (χ4n) is 3.18. The van der Waals surface area contributed by atoms with Crippen LogP contribution in [0.1, 0.15) is 38.2 Å². The fourth-order valence-corrected chi connectivity index (χ4v) is 3.18. The Morgan fingerprint density at radius 2 is 2.00 bits per heavy atom. The van der Waals surface area contributed by atoms with Crippen molar-refractivity contribution in [2.24, 2.45) is 0 Å². The molecule has 0 spiro atoms. The molecule has 0 unspecified atom stereocenters. The third-order valence-corrected chi connectivity index (χ3v) is 4.58. The van der Waals surface area contributed by atoms with Crippen LogP contribution in [0.3, 0.4) is 0 Å². The molecule has 1 N–H and O–H groups in total. The Labute approximate surface area is 160 Å². The molecule has 2 amide bonds. The number of unbranched alkanes of at least 4 members (excludes halogenated alkanes) is 2. The molecule has 6 heteroatoms. The molecule has 1 aliphatic rings. The van der Waals surface area contributed by atoms with Gasteiger partial charge in [0.25, 0.3) is 0 Å². The average molecular weight is 372 g/mol. The zero-order valence-electron chi connectivity index (χ0n) is 15.9. The van der Waals surface area contributed by atoms with Crippen LogP contribution in [0.4, 0.5) is 0 Å². The zero-order chi connectivity index (χ0) is 19.6. The summed E-state index contributed by atoms with van der Waals surface area (Å²) in [6.45, 7) is 6.13. The number of amides is 2. The van der Waals surface area contributed by atoms with Crippen molar-refractivity contribution in [3.63, 3.8) is 0 Å². The maximum absolute atomic E-state index is 13.0. The maximum Gasteiger partial charge on any atom is 0.308 e. The van der Waals surface area contributed by atoms with E-state index in [-0.39, 0.29) is 24.8 Å². The van der Waals surface area contributed by atoms with E-state index in [1.807, 2.05) is 30.3 Å². The predicted octanol–water partition coefficient (Wildman–Crippen LogP) is 2.23. The van der Waals surface area contributed by atoms with Crippen molar-refractivity contribution < 1.29 is 19.1 Å². The summed E-state index contributed by atoms with van der Waals surface area (Å²) in [7, 11) is 0. The van der Waals surface area contributed by atoms with E-state index < -0.39 is 18.1 Å². The Hall–Kier alpha value is -2.63. The Balaban J connectivity index is 2.12. The normalized spacial score (nSPS) is 19.5. The van der Waals surface area contributed by atoms with Gasteiger partial charge in [-0.3, -0.25) is 14.4 Å². The van der Waals surface area contributed by atoms with E-state index in [9.17, 15) is 14.4 Å². The van der Waals surface area contributed by atoms with E-state index in [1.165, 1.54) is 6.08 Å². The van der Waals surface area contributed by atoms with Crippen molar-refractivity contribution in [3.05, 3.63) is 48.6 Å². The topological polar surface area (TPSA) is 75.7 Å². The fraction of sp³-hybridized carbons (Fsp3) is 0.476. The molecule has 0 aliphatic carbocycles. The van der Waals surface area contributed by atoms with Gasteiger partial charge in [-0.2, -0.15) is 0 Å². The van der Waals surface area contributed by atoms with Crippen molar-refractivity contribution in [2.75, 3.05) is 13.2 Å². The summed E-state index contributed by atoms with van der Waals surface area (Å²) in [6.07, 6.45) is 4.53. The van der Waals surface area contributed by atoms with Crippen LogP contribution in [-0.4, -0.2) is 47.9 Å². The Bertz CT molecular complexity index is 659. The van der Waals surface area contributed by atoms with Crippen LogP contribution in [0.15, 0.2) is 43.0 Å². The van der Waals surface area contributed by atoms with Gasteiger partial charge in [0.15, 0.2) is 0 Å². The van der Waals surface area contributed by atoms with Crippen molar-refractivity contribution in [1.29, 1.82) is 0 Å². The number of piperazine rings is 1. The van der Waals surface area contributed by atoms with Crippen LogP contribution in [0.5, 0.6) is 0 Å². The highest BCUT2D eigenvalue weighted by atomic mass is 16.5. The van der Waals surface area contributed by atoms with Crippen molar-refractivity contribution in [1.82, 2.24) is 10.2 Å². The average Bonchev–Trinajstić information content (AvgIpc) is 2.67. The molecule has 146 valence electrons. The van der Waals surface area contributed by atoms with Gasteiger partial charge in [-0.25, -0.2) is 0 Å². The summed E-state index contributed by atoms with van der Waals surface area (Å²) in [5.41, 5.74) is 0.980. The van der Waals surface area contributed by atoms with Gasteiger partial charge < -0.3 is 15.0 Å². The summed E-state index contributed by atoms with van der Waals surface area (Å²) in [5.74, 6) is -0.955. The molecule has 1 heterocycles. The molecule has 6 nitrogen and oxygen atoms in total. The van der Waals surface area contributed by atoms with Crippen LogP contribution >= 0.6 is 0 Å². The maximum atomic E-state index is 13.0. The molecule has 0 bridgehead atoms. The van der Waals surface area contributed by atoms with Gasteiger partial charge >= 0.3 is 5.97 Å². The number of hydrogen-bond acceptors (Lipinski definition) is 4. The minimum atomic E-state index is -0.821. The van der Waals surface area contributed by atoms with Gasteiger partial charge in [-0.05, 0) is 12.0 Å². The van der Waals surface area contributed by atoms with E-state index in [0.717, 1.165) is 24.8 Å². The summed E-state index contributed by atoms with van der Waals surface area (Å²) in [5, 5.41) is 2.79. The van der Waals surface area contributed by atoms with Gasteiger partial charge in [0.2, 0.25) is 11.8 Å². The number of benzene rings is 1. The standard InChI is InChI=1S/C21H28N2O4/c1-3-5-9-12-23-18(15-19(24)27-13-4-2)20(25)22-17(21(23)26)14-16-10-7-6-8-11-16/h4,6-8,10-11,17-18H,2-3,5,9,12-15H2,1H3,(H,22,25)/t17-,18-/m0/s1. The van der Waals surface area contributed by atoms with E-state index in [1.54, 1.807) is 4.90 Å². The largest absolute Gasteiger partial charge is 0.461 e. The first-order valence-electron chi connectivity index (χ1n) is 9.48. The van der Waals surface area contributed by atoms with Gasteiger partial charge in [-0.1, -0.05) is 62.8 Å². The number of nitrogens with one attached hydrogen (secondary N) is 1. The second-order valence-corrected chi connectivity index (χ2v) is 6.68. The highest BCUT2D eigenvalue weighted by molar-refractivity contribution is 5.98. The van der Waals surface area contributed by atoms with E-state index in [0.29, 0.717) is 13.0 Å². The summed E-state index contributed by atoms with van der Waals surface area (Å²) >= 11 is 0. The number of carbonyl (C=O) groups excluding carboxylic acids is 3. The SMILES string of the molecule is C=CCOC(=O)C[C@H]1C(=O)N[C@@H](Cc2ccccc2)C(=O)N1CCCCC. The highest BCUT2D eigenvalue weighted by Crippen LogP contribution is 2.18. The Morgan fingerprint density at radius 3 is 2.67 bits per heavy atom. The van der Waals surface area contributed by atoms with Crippen LogP contribution in [0.25, 0.3) is 0 Å². The number of esters is 1. The van der Waals surface area contributed by atoms with Crippen LogP contribution in [0, 0.1) is 0 Å². The first-order chi connectivity index (χ1) is 13.1. The lowest BCUT2D eigenvalue weighted by Crippen LogP contribution is -2.64. The molecule has 1 aromatic rings. The Kier molecular flexibility index (Phi) is 8.04. The molecular weight excluding hydrogens is 344 g/mol.